The first kappa shape index (κ1) is 15.3. The number of carbonyl (C=O) groups excluding carboxylic acids is 1. The van der Waals surface area contributed by atoms with Gasteiger partial charge in [0.15, 0.2) is 0 Å². The van der Waals surface area contributed by atoms with Gasteiger partial charge >= 0.3 is 0 Å². The first-order valence-electron chi connectivity index (χ1n) is 9.04. The van der Waals surface area contributed by atoms with Crippen molar-refractivity contribution in [2.24, 2.45) is 5.92 Å². The van der Waals surface area contributed by atoms with E-state index in [0.29, 0.717) is 19.0 Å². The van der Waals surface area contributed by atoms with Crippen molar-refractivity contribution in [3.63, 3.8) is 0 Å². The Bertz CT molecular complexity index is 935. The molecule has 2 N–H and O–H groups in total. The Hall–Kier alpha value is -2.96. The second-order valence-corrected chi connectivity index (χ2v) is 7.07. The van der Waals surface area contributed by atoms with Crippen molar-refractivity contribution in [1.82, 2.24) is 24.8 Å². The molecule has 1 saturated heterocycles. The Kier molecular flexibility index (Phi) is 3.58. The summed E-state index contributed by atoms with van der Waals surface area (Å²) in [6.07, 6.45) is 9.85. The van der Waals surface area contributed by atoms with E-state index >= 15 is 0 Å². The predicted molar refractivity (Wildman–Crippen MR) is 97.3 cm³/mol. The van der Waals surface area contributed by atoms with E-state index in [0.717, 1.165) is 35.3 Å². The highest BCUT2D eigenvalue weighted by Crippen LogP contribution is 2.44. The van der Waals surface area contributed by atoms with Gasteiger partial charge in [0.2, 0.25) is 5.91 Å². The third-order valence-electron chi connectivity index (χ3n) is 5.32. The van der Waals surface area contributed by atoms with Gasteiger partial charge in [-0.3, -0.25) is 9.78 Å². The van der Waals surface area contributed by atoms with Crippen LogP contribution in [0.4, 0.5) is 5.82 Å². The van der Waals surface area contributed by atoms with Crippen LogP contribution in [-0.2, 0) is 4.79 Å². The highest BCUT2D eigenvalue weighted by molar-refractivity contribution is 5.86. The number of carbonyl (C=O) groups is 1. The molecule has 2 aliphatic rings. The van der Waals surface area contributed by atoms with E-state index in [4.69, 9.17) is 0 Å². The highest BCUT2D eigenvalue weighted by atomic mass is 16.2. The second kappa shape index (κ2) is 6.09. The monoisotopic (exact) mass is 348 g/mol. The summed E-state index contributed by atoms with van der Waals surface area (Å²) in [4.78, 5) is 30.7. The van der Waals surface area contributed by atoms with Crippen molar-refractivity contribution < 1.29 is 4.79 Å². The lowest BCUT2D eigenvalue weighted by molar-refractivity contribution is -0.129. The summed E-state index contributed by atoms with van der Waals surface area (Å²) in [7, 11) is 0. The van der Waals surface area contributed by atoms with Crippen molar-refractivity contribution in [1.29, 1.82) is 0 Å². The second-order valence-electron chi connectivity index (χ2n) is 7.07. The topological polar surface area (TPSA) is 86.8 Å². The van der Waals surface area contributed by atoms with Crippen LogP contribution in [0.15, 0.2) is 43.1 Å². The third-order valence-corrected chi connectivity index (χ3v) is 5.32. The summed E-state index contributed by atoms with van der Waals surface area (Å²) in [6.45, 7) is 0.686. The Morgan fingerprint density at radius 1 is 1.27 bits per heavy atom. The zero-order valence-corrected chi connectivity index (χ0v) is 14.3. The maximum absolute atomic E-state index is 12.7. The molecule has 7 nitrogen and oxygen atoms in total. The normalized spacial score (nSPS) is 22.9. The van der Waals surface area contributed by atoms with Crippen LogP contribution in [0.1, 0.15) is 30.9 Å². The number of nitrogens with zero attached hydrogens (tertiary/aromatic N) is 4. The number of fused-ring (bicyclic) bond motifs is 1. The number of pyridine rings is 1. The lowest BCUT2D eigenvalue weighted by Gasteiger charge is -2.28. The van der Waals surface area contributed by atoms with Crippen molar-refractivity contribution in [2.45, 2.75) is 31.3 Å². The van der Waals surface area contributed by atoms with Gasteiger partial charge in [-0.15, -0.1) is 0 Å². The average Bonchev–Trinajstić information content (AvgIpc) is 3.28. The van der Waals surface area contributed by atoms with Crippen molar-refractivity contribution in [3.05, 3.63) is 48.7 Å². The first-order chi connectivity index (χ1) is 12.8. The van der Waals surface area contributed by atoms with E-state index in [1.54, 1.807) is 12.5 Å². The number of amides is 1. The van der Waals surface area contributed by atoms with Gasteiger partial charge < -0.3 is 15.2 Å². The zero-order chi connectivity index (χ0) is 17.5. The van der Waals surface area contributed by atoms with Gasteiger partial charge in [0, 0.05) is 43.5 Å². The molecule has 0 unspecified atom stereocenters. The third kappa shape index (κ3) is 2.60. The molecule has 5 rings (SSSR count). The Morgan fingerprint density at radius 3 is 3.00 bits per heavy atom. The summed E-state index contributed by atoms with van der Waals surface area (Å²) in [6, 6.07) is 6.47. The van der Waals surface area contributed by atoms with Gasteiger partial charge in [-0.25, -0.2) is 9.97 Å². The fraction of sp³-hybridized carbons (Fsp3) is 0.368. The lowest BCUT2D eigenvalue weighted by atomic mass is 9.94. The van der Waals surface area contributed by atoms with E-state index in [2.05, 4.69) is 36.2 Å². The van der Waals surface area contributed by atoms with Gasteiger partial charge in [0.1, 0.15) is 17.8 Å². The number of hydrogen-bond donors (Lipinski definition) is 2. The maximum Gasteiger partial charge on any atom is 0.223 e. The molecule has 3 aromatic rings. The molecule has 2 atom stereocenters. The number of aromatic nitrogens is 4. The predicted octanol–water partition coefficient (Wildman–Crippen LogP) is 2.52. The molecule has 0 radical (unpaired) electrons. The average molecular weight is 348 g/mol. The SMILES string of the molecule is O=C1C[C@@H](CNc2ncnc3[nH]ccc23)[C@H](c2cccnc2)N1C1CC1. The van der Waals surface area contributed by atoms with E-state index in [-0.39, 0.29) is 17.9 Å². The van der Waals surface area contributed by atoms with Crippen LogP contribution < -0.4 is 5.32 Å². The molecule has 4 heterocycles. The number of likely N-dealkylation sites (tertiary alicyclic amines) is 1. The van der Waals surface area contributed by atoms with E-state index in [1.807, 2.05) is 24.5 Å². The minimum absolute atomic E-state index is 0.0831. The molecule has 1 saturated carbocycles. The minimum Gasteiger partial charge on any atom is -0.369 e. The molecule has 3 aromatic heterocycles. The summed E-state index contributed by atoms with van der Waals surface area (Å²) in [5, 5.41) is 4.41. The largest absolute Gasteiger partial charge is 0.369 e. The van der Waals surface area contributed by atoms with Gasteiger partial charge in [-0.05, 0) is 30.5 Å². The maximum atomic E-state index is 12.7. The number of rotatable bonds is 5. The van der Waals surface area contributed by atoms with E-state index in [9.17, 15) is 4.79 Å². The molecule has 1 aliphatic carbocycles. The summed E-state index contributed by atoms with van der Waals surface area (Å²) in [5.41, 5.74) is 1.93. The molecule has 0 bridgehead atoms. The van der Waals surface area contributed by atoms with Crippen LogP contribution >= 0.6 is 0 Å². The standard InChI is InChI=1S/C19H20N6O/c26-16-8-13(10-22-19-15-5-7-21-18(15)23-11-24-19)17(25(16)14-3-4-14)12-2-1-6-20-9-12/h1-2,5-7,9,11,13-14,17H,3-4,8,10H2,(H2,21,22,23,24)/t13-,17-/m0/s1. The number of aromatic amines is 1. The molecule has 0 spiro atoms. The van der Waals surface area contributed by atoms with Crippen LogP contribution in [0.5, 0.6) is 0 Å². The summed E-state index contributed by atoms with van der Waals surface area (Å²) < 4.78 is 0. The van der Waals surface area contributed by atoms with Crippen LogP contribution in [0, 0.1) is 5.92 Å². The fourth-order valence-corrected chi connectivity index (χ4v) is 4.02. The number of hydrogen-bond acceptors (Lipinski definition) is 5. The Balaban J connectivity index is 1.41. The first-order valence-corrected chi connectivity index (χ1v) is 9.04. The van der Waals surface area contributed by atoms with Crippen molar-refractivity contribution in [2.75, 3.05) is 11.9 Å². The molecular weight excluding hydrogens is 328 g/mol. The number of nitrogens with one attached hydrogen (secondary N) is 2. The fourth-order valence-electron chi connectivity index (χ4n) is 4.02. The van der Waals surface area contributed by atoms with Gasteiger partial charge in [0.05, 0.1) is 11.4 Å². The number of anilines is 1. The van der Waals surface area contributed by atoms with E-state index < -0.39 is 0 Å². The smallest absolute Gasteiger partial charge is 0.223 e. The Labute approximate surface area is 150 Å². The highest BCUT2D eigenvalue weighted by Gasteiger charge is 2.47. The van der Waals surface area contributed by atoms with Crippen molar-refractivity contribution in [3.8, 4) is 0 Å². The van der Waals surface area contributed by atoms with Crippen molar-refractivity contribution >= 4 is 22.8 Å². The molecule has 0 aromatic carbocycles. The summed E-state index contributed by atoms with van der Waals surface area (Å²) >= 11 is 0. The molecule has 132 valence electrons. The zero-order valence-electron chi connectivity index (χ0n) is 14.3. The molecule has 7 heteroatoms. The molecule has 1 amide bonds. The quantitative estimate of drug-likeness (QED) is 0.740. The van der Waals surface area contributed by atoms with Crippen LogP contribution in [0.2, 0.25) is 0 Å². The van der Waals surface area contributed by atoms with Crippen LogP contribution in [0.25, 0.3) is 11.0 Å². The van der Waals surface area contributed by atoms with Gasteiger partial charge in [-0.2, -0.15) is 0 Å². The molecule has 2 fully saturated rings. The van der Waals surface area contributed by atoms with Gasteiger partial charge in [-0.1, -0.05) is 6.07 Å². The summed E-state index contributed by atoms with van der Waals surface area (Å²) in [5.74, 6) is 1.25. The van der Waals surface area contributed by atoms with Gasteiger partial charge in [0.25, 0.3) is 0 Å². The minimum atomic E-state index is 0.0831. The molecule has 1 aliphatic heterocycles. The van der Waals surface area contributed by atoms with E-state index in [1.165, 1.54) is 0 Å². The van der Waals surface area contributed by atoms with Crippen LogP contribution in [-0.4, -0.2) is 43.3 Å². The Morgan fingerprint density at radius 2 is 2.19 bits per heavy atom. The number of H-pyrrole nitrogens is 1. The lowest BCUT2D eigenvalue weighted by Crippen LogP contribution is -2.32. The molecular formula is C19H20N6O. The van der Waals surface area contributed by atoms with Crippen LogP contribution in [0.3, 0.4) is 0 Å². The molecule has 26 heavy (non-hydrogen) atoms.